The van der Waals surface area contributed by atoms with Crippen molar-refractivity contribution in [1.82, 2.24) is 4.57 Å². The van der Waals surface area contributed by atoms with Gasteiger partial charge in [0.15, 0.2) is 6.29 Å². The number of carbonyl (C=O) groups is 1. The van der Waals surface area contributed by atoms with E-state index in [0.29, 0.717) is 0 Å². The van der Waals surface area contributed by atoms with E-state index < -0.39 is 0 Å². The fraction of sp³-hybridized carbons (Fsp3) is 0.333. The smallest absolute Gasteiger partial charge is 0.154 e. The largest absolute Gasteiger partial charge is 0.356 e. The Bertz CT molecular complexity index is 690. The third kappa shape index (κ3) is 4.53. The standard InChI is InChI=1S/C14H13N3O.C4H10O2/c18-9-7-15-14-13-6-3-8-17(13)10-11-4-1-2-5-12(11)16-14;1-4(5-2)6-3/h1-6,8-9H,7,10H2,(H,15,16);4H,1-3H3. The average Bonchev–Trinajstić information content (AvgIpc) is 3.02. The Kier molecular flexibility index (Phi) is 6.72. The number of aldehydes is 1. The van der Waals surface area contributed by atoms with Crippen LogP contribution in [0.5, 0.6) is 0 Å². The van der Waals surface area contributed by atoms with Crippen LogP contribution in [0.15, 0.2) is 47.6 Å². The molecule has 0 bridgehead atoms. The van der Waals surface area contributed by atoms with Crippen molar-refractivity contribution in [2.24, 2.45) is 4.99 Å². The summed E-state index contributed by atoms with van der Waals surface area (Å²) in [6.07, 6.45) is 2.76. The van der Waals surface area contributed by atoms with E-state index in [4.69, 9.17) is 0 Å². The number of aromatic nitrogens is 1. The van der Waals surface area contributed by atoms with Crippen molar-refractivity contribution >= 4 is 17.8 Å². The zero-order chi connectivity index (χ0) is 17.4. The summed E-state index contributed by atoms with van der Waals surface area (Å²) in [5.74, 6) is 0.747. The van der Waals surface area contributed by atoms with E-state index in [1.165, 1.54) is 5.56 Å². The summed E-state index contributed by atoms with van der Waals surface area (Å²) in [6.45, 7) is 2.82. The van der Waals surface area contributed by atoms with Crippen molar-refractivity contribution in [1.29, 1.82) is 0 Å². The maximum atomic E-state index is 10.5. The first-order chi connectivity index (χ1) is 11.7. The molecule has 1 N–H and O–H groups in total. The van der Waals surface area contributed by atoms with E-state index in [-0.39, 0.29) is 12.8 Å². The quantitative estimate of drug-likeness (QED) is 0.691. The minimum Gasteiger partial charge on any atom is -0.356 e. The number of hydrogen-bond donors (Lipinski definition) is 1. The molecule has 0 unspecified atom stereocenters. The van der Waals surface area contributed by atoms with Crippen LogP contribution in [0.4, 0.5) is 5.69 Å². The molecule has 0 atom stereocenters. The van der Waals surface area contributed by atoms with Crippen LogP contribution in [0.25, 0.3) is 0 Å². The lowest BCUT2D eigenvalue weighted by atomic mass is 10.2. The molecule has 0 fully saturated rings. The van der Waals surface area contributed by atoms with Crippen LogP contribution in [0, 0.1) is 0 Å². The molecule has 0 saturated heterocycles. The fourth-order valence-electron chi connectivity index (χ4n) is 2.27. The predicted molar refractivity (Wildman–Crippen MR) is 94.5 cm³/mol. The van der Waals surface area contributed by atoms with Gasteiger partial charge in [0, 0.05) is 32.6 Å². The van der Waals surface area contributed by atoms with E-state index in [1.807, 2.05) is 43.5 Å². The SMILES string of the molecule is COC(C)OC.O=CCN=C1Nc2ccccc2Cn2cccc21. The van der Waals surface area contributed by atoms with Gasteiger partial charge in [0.25, 0.3) is 0 Å². The lowest BCUT2D eigenvalue weighted by Gasteiger charge is -2.07. The molecule has 128 valence electrons. The number of carbonyl (C=O) groups excluding carboxylic acids is 1. The zero-order valence-electron chi connectivity index (χ0n) is 14.2. The van der Waals surface area contributed by atoms with Gasteiger partial charge in [-0.05, 0) is 30.7 Å². The number of nitrogens with one attached hydrogen (secondary N) is 1. The van der Waals surface area contributed by atoms with Crippen molar-refractivity contribution < 1.29 is 14.3 Å². The van der Waals surface area contributed by atoms with Crippen molar-refractivity contribution in [3.05, 3.63) is 53.9 Å². The normalized spacial score (nSPS) is 14.1. The lowest BCUT2D eigenvalue weighted by molar-refractivity contribution is -0.106. The third-order valence-corrected chi connectivity index (χ3v) is 3.67. The summed E-state index contributed by atoms with van der Waals surface area (Å²) in [5, 5.41) is 3.31. The second-order valence-electron chi connectivity index (χ2n) is 5.20. The number of para-hydroxylation sites is 1. The summed E-state index contributed by atoms with van der Waals surface area (Å²) in [6, 6.07) is 12.1. The minimum atomic E-state index is -0.0648. The number of aliphatic imine (C=N–C) groups is 1. The molecule has 24 heavy (non-hydrogen) atoms. The highest BCUT2D eigenvalue weighted by molar-refractivity contribution is 6.08. The lowest BCUT2D eigenvalue weighted by Crippen LogP contribution is -2.15. The molecule has 6 nitrogen and oxygen atoms in total. The summed E-state index contributed by atoms with van der Waals surface area (Å²) in [5.41, 5.74) is 3.27. The molecule has 2 aromatic rings. The molecular weight excluding hydrogens is 306 g/mol. The molecule has 1 aliphatic rings. The molecule has 2 heterocycles. The summed E-state index contributed by atoms with van der Waals surface area (Å²) in [4.78, 5) is 14.8. The van der Waals surface area contributed by atoms with Crippen LogP contribution < -0.4 is 5.32 Å². The topological polar surface area (TPSA) is 64.8 Å². The van der Waals surface area contributed by atoms with Gasteiger partial charge < -0.3 is 24.2 Å². The number of nitrogens with zero attached hydrogens (tertiary/aromatic N) is 2. The Morgan fingerprint density at radius 2 is 2.00 bits per heavy atom. The first kappa shape index (κ1) is 17.9. The Hall–Kier alpha value is -2.44. The number of amidine groups is 1. The van der Waals surface area contributed by atoms with Crippen molar-refractivity contribution in [2.75, 3.05) is 26.1 Å². The van der Waals surface area contributed by atoms with E-state index in [9.17, 15) is 4.79 Å². The number of fused-ring (bicyclic) bond motifs is 2. The van der Waals surface area contributed by atoms with Gasteiger partial charge in [-0.3, -0.25) is 4.99 Å². The van der Waals surface area contributed by atoms with Gasteiger partial charge in [-0.2, -0.15) is 0 Å². The molecule has 0 radical (unpaired) electrons. The molecule has 1 aromatic heterocycles. The Balaban J connectivity index is 0.000000301. The van der Waals surface area contributed by atoms with Crippen LogP contribution in [0.2, 0.25) is 0 Å². The van der Waals surface area contributed by atoms with E-state index in [1.54, 1.807) is 14.2 Å². The summed E-state index contributed by atoms with van der Waals surface area (Å²) < 4.78 is 11.5. The van der Waals surface area contributed by atoms with Gasteiger partial charge in [0.05, 0.1) is 12.2 Å². The molecule has 0 amide bonds. The number of rotatable bonds is 4. The fourth-order valence-corrected chi connectivity index (χ4v) is 2.27. The second-order valence-corrected chi connectivity index (χ2v) is 5.20. The molecule has 6 heteroatoms. The molecule has 1 aromatic carbocycles. The zero-order valence-corrected chi connectivity index (χ0v) is 14.2. The van der Waals surface area contributed by atoms with Crippen LogP contribution in [0.1, 0.15) is 18.2 Å². The number of anilines is 1. The highest BCUT2D eigenvalue weighted by Crippen LogP contribution is 2.22. The van der Waals surface area contributed by atoms with Crippen LogP contribution in [-0.2, 0) is 20.8 Å². The number of hydrogen-bond acceptors (Lipinski definition) is 4. The second kappa shape index (κ2) is 9.00. The minimum absolute atomic E-state index is 0.0648. The van der Waals surface area contributed by atoms with E-state index >= 15 is 0 Å². The third-order valence-electron chi connectivity index (χ3n) is 3.67. The first-order valence-electron chi connectivity index (χ1n) is 7.73. The van der Waals surface area contributed by atoms with Gasteiger partial charge >= 0.3 is 0 Å². The summed E-state index contributed by atoms with van der Waals surface area (Å²) >= 11 is 0. The first-order valence-corrected chi connectivity index (χ1v) is 7.73. The predicted octanol–water partition coefficient (Wildman–Crippen LogP) is 2.53. The van der Waals surface area contributed by atoms with Crippen molar-refractivity contribution in [3.8, 4) is 0 Å². The Morgan fingerprint density at radius 1 is 1.25 bits per heavy atom. The molecule has 0 spiro atoms. The van der Waals surface area contributed by atoms with Gasteiger partial charge in [-0.15, -0.1) is 0 Å². The maximum Gasteiger partial charge on any atom is 0.154 e. The number of methoxy groups -OCH3 is 2. The molecule has 1 aliphatic heterocycles. The maximum absolute atomic E-state index is 10.5. The van der Waals surface area contributed by atoms with E-state index in [2.05, 4.69) is 30.4 Å². The number of ether oxygens (including phenoxy) is 2. The van der Waals surface area contributed by atoms with Crippen molar-refractivity contribution in [3.63, 3.8) is 0 Å². The highest BCUT2D eigenvalue weighted by Gasteiger charge is 2.16. The molecule has 0 saturated carbocycles. The number of benzene rings is 1. The monoisotopic (exact) mass is 329 g/mol. The summed E-state index contributed by atoms with van der Waals surface area (Å²) in [7, 11) is 3.21. The molecular formula is C18H23N3O3. The van der Waals surface area contributed by atoms with Crippen LogP contribution in [-0.4, -0.2) is 43.7 Å². The van der Waals surface area contributed by atoms with E-state index in [0.717, 1.165) is 30.0 Å². The van der Waals surface area contributed by atoms with Gasteiger partial charge in [-0.1, -0.05) is 18.2 Å². The molecule has 3 rings (SSSR count). The molecule has 0 aliphatic carbocycles. The average molecular weight is 329 g/mol. The van der Waals surface area contributed by atoms with Crippen LogP contribution in [0.3, 0.4) is 0 Å². The van der Waals surface area contributed by atoms with Gasteiger partial charge in [0.2, 0.25) is 0 Å². The van der Waals surface area contributed by atoms with Crippen LogP contribution >= 0.6 is 0 Å². The Morgan fingerprint density at radius 3 is 2.67 bits per heavy atom. The highest BCUT2D eigenvalue weighted by atomic mass is 16.7. The Labute approximate surface area is 142 Å². The van der Waals surface area contributed by atoms with Gasteiger partial charge in [-0.25, -0.2) is 0 Å². The van der Waals surface area contributed by atoms with Gasteiger partial charge in [0.1, 0.15) is 12.1 Å². The van der Waals surface area contributed by atoms with Crippen molar-refractivity contribution in [2.45, 2.75) is 19.8 Å².